The van der Waals surface area contributed by atoms with Crippen molar-refractivity contribution in [1.29, 1.82) is 0 Å². The molecule has 5 amide bonds. The summed E-state index contributed by atoms with van der Waals surface area (Å²) in [4.78, 5) is 105. The Morgan fingerprint density at radius 1 is 0.718 bits per heavy atom. The zero-order valence-electron chi connectivity index (χ0n) is 44.8. The SMILES string of the molecule is CC.CC.CC(C)C.CNC(=O)C[C@H](NC(=O)c1csc(-c2ccc(-c3nc(C(N)=O)cs3)nc2-c2csc(-c3csc(CCc4ccccc4)n3)n2)n1)c1nc(C=O)c(C)s1.COCc1sc(N)nc1C(=O)NCC(N)=O. The number of anilines is 1. The number of nitrogens with two attached hydrogens (primary N) is 3. The van der Waals surface area contributed by atoms with Gasteiger partial charge in [-0.25, -0.2) is 34.9 Å². The minimum Gasteiger partial charge on any atom is -0.379 e. The van der Waals surface area contributed by atoms with Crippen molar-refractivity contribution in [2.45, 2.75) is 87.3 Å². The summed E-state index contributed by atoms with van der Waals surface area (Å²) in [7, 11) is 3.01. The summed E-state index contributed by atoms with van der Waals surface area (Å²) in [6.45, 7) is 16.3. The number of amides is 5. The van der Waals surface area contributed by atoms with E-state index in [0.29, 0.717) is 53.7 Å². The van der Waals surface area contributed by atoms with E-state index in [1.54, 1.807) is 35.1 Å². The molecule has 0 aliphatic carbocycles. The number of benzene rings is 1. The van der Waals surface area contributed by atoms with Crippen molar-refractivity contribution in [2.24, 2.45) is 17.4 Å². The van der Waals surface area contributed by atoms with Gasteiger partial charge in [0, 0.05) is 52.5 Å². The second kappa shape index (κ2) is 32.0. The fourth-order valence-electron chi connectivity index (χ4n) is 6.31. The number of methoxy groups -OCH3 is 1. The number of carbonyl (C=O) groups excluding carboxylic acids is 6. The van der Waals surface area contributed by atoms with Gasteiger partial charge < -0.3 is 37.9 Å². The number of ether oxygens (including phenoxy) is 1. The summed E-state index contributed by atoms with van der Waals surface area (Å²) < 4.78 is 4.90. The van der Waals surface area contributed by atoms with Crippen LogP contribution in [0.25, 0.3) is 43.4 Å². The van der Waals surface area contributed by atoms with Gasteiger partial charge in [-0.15, -0.1) is 56.7 Å². The van der Waals surface area contributed by atoms with Crippen molar-refractivity contribution >= 4 is 109 Å². The van der Waals surface area contributed by atoms with Crippen LogP contribution in [0.1, 0.15) is 128 Å². The number of hydrogen-bond donors (Lipinski definition) is 6. The minimum atomic E-state index is -0.780. The van der Waals surface area contributed by atoms with Gasteiger partial charge in [0.15, 0.2) is 11.4 Å². The summed E-state index contributed by atoms with van der Waals surface area (Å²) in [5.74, 6) is -1.72. The van der Waals surface area contributed by atoms with Crippen LogP contribution in [0.2, 0.25) is 0 Å². The topological polar surface area (TPSA) is 316 Å². The average Bonchev–Trinajstić information content (AvgIpc) is 4.32. The maximum absolute atomic E-state index is 13.6. The molecule has 1 atom stereocenters. The quantitative estimate of drug-likeness (QED) is 0.0411. The van der Waals surface area contributed by atoms with E-state index in [-0.39, 0.29) is 53.4 Å². The predicted molar refractivity (Wildman–Crippen MR) is 314 cm³/mol. The van der Waals surface area contributed by atoms with Gasteiger partial charge in [0.2, 0.25) is 11.8 Å². The number of aromatic nitrogens is 7. The number of primary amides is 2. The lowest BCUT2D eigenvalue weighted by Gasteiger charge is -2.15. The van der Waals surface area contributed by atoms with Gasteiger partial charge in [-0.1, -0.05) is 90.1 Å². The molecule has 7 heterocycles. The largest absolute Gasteiger partial charge is 0.379 e. The van der Waals surface area contributed by atoms with Crippen molar-refractivity contribution in [2.75, 3.05) is 26.4 Å². The maximum atomic E-state index is 13.6. The van der Waals surface area contributed by atoms with Crippen molar-refractivity contribution in [3.05, 3.63) is 112 Å². The monoisotopic (exact) mass is 1170 g/mol. The molecule has 0 saturated carbocycles. The third-order valence-corrected chi connectivity index (χ3v) is 15.2. The Labute approximate surface area is 476 Å². The van der Waals surface area contributed by atoms with Crippen LogP contribution in [0.5, 0.6) is 0 Å². The first-order valence-electron chi connectivity index (χ1n) is 24.4. The number of thiazole rings is 6. The fraction of sp³-hybridized carbons (Fsp3) is 0.327. The zero-order chi connectivity index (χ0) is 57.5. The highest BCUT2D eigenvalue weighted by Crippen LogP contribution is 2.38. The third-order valence-electron chi connectivity index (χ3n) is 9.69. The highest BCUT2D eigenvalue weighted by Gasteiger charge is 2.26. The molecule has 0 saturated heterocycles. The van der Waals surface area contributed by atoms with E-state index in [0.717, 1.165) is 34.5 Å². The molecule has 414 valence electrons. The van der Waals surface area contributed by atoms with Gasteiger partial charge >= 0.3 is 0 Å². The van der Waals surface area contributed by atoms with Crippen molar-refractivity contribution in [1.82, 2.24) is 50.8 Å². The number of nitrogens with one attached hydrogen (secondary N) is 3. The van der Waals surface area contributed by atoms with E-state index in [1.807, 2.05) is 62.7 Å². The predicted octanol–water partition coefficient (Wildman–Crippen LogP) is 9.45. The first-order valence-corrected chi connectivity index (χ1v) is 29.5. The lowest BCUT2D eigenvalue weighted by atomic mass is 10.1. The van der Waals surface area contributed by atoms with Gasteiger partial charge in [-0.05, 0) is 37.0 Å². The average molecular weight is 1170 g/mol. The van der Waals surface area contributed by atoms with E-state index in [2.05, 4.69) is 68.8 Å². The number of nitrogen functional groups attached to an aromatic ring is 1. The van der Waals surface area contributed by atoms with Gasteiger partial charge in [0.1, 0.15) is 59.9 Å². The van der Waals surface area contributed by atoms with Crippen LogP contribution in [0.4, 0.5) is 5.13 Å². The lowest BCUT2D eigenvalue weighted by Crippen LogP contribution is -2.33. The summed E-state index contributed by atoms with van der Waals surface area (Å²) >= 11 is 7.94. The van der Waals surface area contributed by atoms with Crippen LogP contribution in [-0.4, -0.2) is 91.4 Å². The van der Waals surface area contributed by atoms with Gasteiger partial charge in [0.25, 0.3) is 17.7 Å². The van der Waals surface area contributed by atoms with Crippen molar-refractivity contribution in [3.8, 4) is 43.4 Å². The molecule has 9 N–H and O–H groups in total. The first kappa shape index (κ1) is 63.5. The van der Waals surface area contributed by atoms with Crippen molar-refractivity contribution in [3.63, 3.8) is 0 Å². The van der Waals surface area contributed by atoms with E-state index in [9.17, 15) is 28.8 Å². The number of hydrogen-bond acceptors (Lipinski definition) is 21. The van der Waals surface area contributed by atoms with Crippen LogP contribution >= 0.6 is 68.0 Å². The maximum Gasteiger partial charge on any atom is 0.271 e. The second-order valence-corrected chi connectivity index (χ2v) is 22.2. The van der Waals surface area contributed by atoms with E-state index in [1.165, 1.54) is 76.4 Å². The molecule has 7 aromatic heterocycles. The summed E-state index contributed by atoms with van der Waals surface area (Å²) in [5.41, 5.74) is 20.8. The normalized spacial score (nSPS) is 10.8. The second-order valence-electron chi connectivity index (χ2n) is 16.3. The van der Waals surface area contributed by atoms with Crippen LogP contribution < -0.4 is 33.2 Å². The number of pyridine rings is 1. The van der Waals surface area contributed by atoms with Gasteiger partial charge in [-0.3, -0.25) is 28.8 Å². The molecule has 26 heteroatoms. The molecule has 0 aliphatic heterocycles. The Morgan fingerprint density at radius 2 is 1.36 bits per heavy atom. The number of aryl methyl sites for hydroxylation is 3. The zero-order valence-corrected chi connectivity index (χ0v) is 49.7. The van der Waals surface area contributed by atoms with Gasteiger partial charge in [-0.2, -0.15) is 0 Å². The molecule has 0 radical (unpaired) electrons. The summed E-state index contributed by atoms with van der Waals surface area (Å²) in [5, 5.41) is 18.4. The third kappa shape index (κ3) is 18.6. The molecule has 1 aromatic carbocycles. The van der Waals surface area contributed by atoms with Crippen LogP contribution in [0.15, 0.2) is 64.0 Å². The highest BCUT2D eigenvalue weighted by atomic mass is 32.1. The fourth-order valence-corrected chi connectivity index (χ4v) is 11.3. The Hall–Kier alpha value is -7.07. The summed E-state index contributed by atoms with van der Waals surface area (Å²) in [6.07, 6.45) is 2.28. The molecule has 0 aliphatic rings. The molecule has 8 aromatic rings. The molecule has 0 fully saturated rings. The molecular weight excluding hydrogens is 1110 g/mol. The standard InChI is InChI=1S/C36H29N9O4S5.C8H12N4O3S.C4H10.2C2H6/c1-18-23(13-46)42-36(54-18)22(12-28(47)38-2)41-32(49)26-16-51-33(45-26)20-9-10-21(34-44-25(15-53-34)31(37)48)40-30(20)24-14-52-35(43-24)27-17-50-29(39-27)11-8-19-6-4-3-5-7-19;1-15-3-4-6(12-8(10)16-4)7(14)11-2-5(9)13;1-4(2)3;2*1-2/h3-7,9-10,13-17,22H,8,11-12H2,1-2H3,(H2,37,48)(H,38,47)(H,41,49);2-3H2,1H3,(H2,9,13)(H2,10,12)(H,11,14);4H,1-3H3;2*1-2H3/t22-;;;;/m0..../s1. The summed E-state index contributed by atoms with van der Waals surface area (Å²) in [6, 6.07) is 13.1. The molecule has 8 rings (SSSR count). The minimum absolute atomic E-state index is 0.0755. The lowest BCUT2D eigenvalue weighted by molar-refractivity contribution is -0.121. The van der Waals surface area contributed by atoms with E-state index in [4.69, 9.17) is 36.9 Å². The number of rotatable bonds is 19. The number of nitrogens with zero attached hydrogens (tertiary/aromatic N) is 7. The van der Waals surface area contributed by atoms with Crippen LogP contribution in [-0.2, 0) is 33.8 Å². The molecule has 0 spiro atoms. The van der Waals surface area contributed by atoms with Crippen LogP contribution in [0.3, 0.4) is 0 Å². The van der Waals surface area contributed by atoms with E-state index >= 15 is 0 Å². The van der Waals surface area contributed by atoms with E-state index < -0.39 is 29.7 Å². The molecule has 0 bridgehead atoms. The molecule has 0 unspecified atom stereocenters. The first-order chi connectivity index (χ1) is 37.5. The Balaban J connectivity index is 0.000000458. The molecule has 78 heavy (non-hydrogen) atoms. The smallest absolute Gasteiger partial charge is 0.271 e. The Kier molecular flexibility index (Phi) is 26.0. The van der Waals surface area contributed by atoms with Gasteiger partial charge in [0.05, 0.1) is 41.2 Å². The highest BCUT2D eigenvalue weighted by molar-refractivity contribution is 7.16. The van der Waals surface area contributed by atoms with Crippen LogP contribution in [0, 0.1) is 12.8 Å². The number of carbonyl (C=O) groups is 6. The Morgan fingerprint density at radius 3 is 1.99 bits per heavy atom. The Bertz CT molecular complexity index is 3230. The molecule has 20 nitrogen and oxygen atoms in total. The number of aldehydes is 1. The molecular formula is C52H63N13O7S6. The van der Waals surface area contributed by atoms with Crippen molar-refractivity contribution < 1.29 is 33.5 Å².